The van der Waals surface area contributed by atoms with Gasteiger partial charge in [0.05, 0.1) is 0 Å². The second kappa shape index (κ2) is 6.16. The van der Waals surface area contributed by atoms with Crippen molar-refractivity contribution in [3.63, 3.8) is 0 Å². The second-order valence-electron chi connectivity index (χ2n) is 2.55. The summed E-state index contributed by atoms with van der Waals surface area (Å²) < 4.78 is 0. The zero-order valence-electron chi connectivity index (χ0n) is 7.75. The lowest BCUT2D eigenvalue weighted by molar-refractivity contribution is -0.158. The van der Waals surface area contributed by atoms with Gasteiger partial charge in [0, 0.05) is 19.3 Å². The molecule has 0 saturated heterocycles. The van der Waals surface area contributed by atoms with Crippen LogP contribution >= 0.6 is 0 Å². The van der Waals surface area contributed by atoms with Gasteiger partial charge in [-0.2, -0.15) is 5.48 Å². The van der Waals surface area contributed by atoms with Gasteiger partial charge in [0.15, 0.2) is 0 Å². The molecule has 13 heavy (non-hydrogen) atoms. The maximum absolute atomic E-state index is 10.8. The van der Waals surface area contributed by atoms with Crippen LogP contribution in [0, 0.1) is 0 Å². The van der Waals surface area contributed by atoms with Crippen LogP contribution in [0.25, 0.3) is 0 Å². The Balaban J connectivity index is 3.52. The van der Waals surface area contributed by atoms with Crippen molar-refractivity contribution in [2.24, 2.45) is 0 Å². The fourth-order valence-corrected chi connectivity index (χ4v) is 0.527. The van der Waals surface area contributed by atoms with E-state index in [1.807, 2.05) is 5.48 Å². The standard InChI is InChI=1S/C8H13NO4/c1-3-8(12)13-9-7(11)5-4-6(2)10/h3-5H2,1-2H3,(H,9,11). The van der Waals surface area contributed by atoms with E-state index < -0.39 is 11.9 Å². The monoisotopic (exact) mass is 187 g/mol. The molecule has 0 fully saturated rings. The van der Waals surface area contributed by atoms with Gasteiger partial charge in [-0.3, -0.25) is 4.79 Å². The SMILES string of the molecule is CCC(=O)ONC(=O)CCC(C)=O. The van der Waals surface area contributed by atoms with Crippen molar-refractivity contribution >= 4 is 17.7 Å². The van der Waals surface area contributed by atoms with Crippen LogP contribution in [-0.2, 0) is 19.2 Å². The number of hydrogen-bond acceptors (Lipinski definition) is 4. The lowest BCUT2D eigenvalue weighted by atomic mass is 10.2. The first kappa shape index (κ1) is 11.6. The van der Waals surface area contributed by atoms with Gasteiger partial charge in [-0.05, 0) is 6.92 Å². The molecule has 1 N–H and O–H groups in total. The first-order chi connectivity index (χ1) is 6.06. The summed E-state index contributed by atoms with van der Waals surface area (Å²) in [7, 11) is 0. The molecule has 0 aromatic carbocycles. The van der Waals surface area contributed by atoms with Crippen molar-refractivity contribution in [1.29, 1.82) is 0 Å². The smallest absolute Gasteiger partial charge is 0.331 e. The Labute approximate surface area is 76.4 Å². The number of rotatable bonds is 4. The molecule has 0 aliphatic rings. The molecule has 0 heterocycles. The van der Waals surface area contributed by atoms with E-state index in [4.69, 9.17) is 0 Å². The van der Waals surface area contributed by atoms with Gasteiger partial charge in [0.2, 0.25) is 0 Å². The summed E-state index contributed by atoms with van der Waals surface area (Å²) in [4.78, 5) is 36.2. The van der Waals surface area contributed by atoms with Gasteiger partial charge in [0.1, 0.15) is 5.78 Å². The van der Waals surface area contributed by atoms with Gasteiger partial charge >= 0.3 is 5.97 Å². The highest BCUT2D eigenvalue weighted by Crippen LogP contribution is 1.90. The normalized spacial score (nSPS) is 9.08. The number of Topliss-reactive ketones (excluding diaryl/α,β-unsaturated/α-hetero) is 1. The van der Waals surface area contributed by atoms with E-state index in [0.717, 1.165) is 0 Å². The van der Waals surface area contributed by atoms with Crippen molar-refractivity contribution in [2.45, 2.75) is 33.1 Å². The van der Waals surface area contributed by atoms with Gasteiger partial charge in [-0.15, -0.1) is 0 Å². The van der Waals surface area contributed by atoms with Crippen LogP contribution in [0.5, 0.6) is 0 Å². The number of hydroxylamine groups is 1. The van der Waals surface area contributed by atoms with Crippen molar-refractivity contribution in [3.05, 3.63) is 0 Å². The molecule has 0 rings (SSSR count). The highest BCUT2D eigenvalue weighted by molar-refractivity contribution is 5.83. The van der Waals surface area contributed by atoms with Gasteiger partial charge in [0.25, 0.3) is 5.91 Å². The molecule has 1 amide bonds. The van der Waals surface area contributed by atoms with Crippen LogP contribution < -0.4 is 5.48 Å². The summed E-state index contributed by atoms with van der Waals surface area (Å²) in [5, 5.41) is 0. The van der Waals surface area contributed by atoms with Crippen LogP contribution in [0.4, 0.5) is 0 Å². The molecule has 74 valence electrons. The molecule has 5 nitrogen and oxygen atoms in total. The van der Waals surface area contributed by atoms with E-state index in [1.54, 1.807) is 6.92 Å². The summed E-state index contributed by atoms with van der Waals surface area (Å²) in [6.45, 7) is 3.01. The second-order valence-corrected chi connectivity index (χ2v) is 2.55. The Morgan fingerprint density at radius 3 is 2.31 bits per heavy atom. The molecular weight excluding hydrogens is 174 g/mol. The molecule has 0 atom stereocenters. The van der Waals surface area contributed by atoms with Gasteiger partial charge in [-0.25, -0.2) is 4.79 Å². The van der Waals surface area contributed by atoms with Gasteiger partial charge in [-0.1, -0.05) is 6.92 Å². The quantitative estimate of drug-likeness (QED) is 0.644. The van der Waals surface area contributed by atoms with E-state index in [0.29, 0.717) is 0 Å². The van der Waals surface area contributed by atoms with E-state index in [2.05, 4.69) is 4.84 Å². The van der Waals surface area contributed by atoms with Crippen molar-refractivity contribution in [1.82, 2.24) is 5.48 Å². The third-order valence-electron chi connectivity index (χ3n) is 1.27. The molecule has 0 bridgehead atoms. The molecule has 0 aromatic heterocycles. The van der Waals surface area contributed by atoms with Gasteiger partial charge < -0.3 is 9.63 Å². The van der Waals surface area contributed by atoms with Crippen molar-refractivity contribution in [3.8, 4) is 0 Å². The molecule has 0 spiro atoms. The third kappa shape index (κ3) is 6.99. The van der Waals surface area contributed by atoms with E-state index in [-0.39, 0.29) is 25.0 Å². The van der Waals surface area contributed by atoms with Crippen molar-refractivity contribution < 1.29 is 19.2 Å². The minimum absolute atomic E-state index is 0.0479. The Kier molecular flexibility index (Phi) is 5.50. The predicted molar refractivity (Wildman–Crippen MR) is 44.4 cm³/mol. The number of hydrogen-bond donors (Lipinski definition) is 1. The van der Waals surface area contributed by atoms with Crippen LogP contribution in [0.2, 0.25) is 0 Å². The first-order valence-electron chi connectivity index (χ1n) is 4.04. The van der Waals surface area contributed by atoms with Crippen LogP contribution in [0.3, 0.4) is 0 Å². The van der Waals surface area contributed by atoms with Crippen LogP contribution in [-0.4, -0.2) is 17.7 Å². The minimum Gasteiger partial charge on any atom is -0.341 e. The molecule has 0 radical (unpaired) electrons. The highest BCUT2D eigenvalue weighted by Gasteiger charge is 2.05. The number of carbonyl (C=O) groups is 3. The summed E-state index contributed by atoms with van der Waals surface area (Å²) in [5.41, 5.74) is 1.95. The maximum Gasteiger partial charge on any atom is 0.331 e. The molecule has 5 heteroatoms. The minimum atomic E-state index is -0.504. The zero-order chi connectivity index (χ0) is 10.3. The fraction of sp³-hybridized carbons (Fsp3) is 0.625. The van der Waals surface area contributed by atoms with Crippen LogP contribution in [0.1, 0.15) is 33.1 Å². The summed E-state index contributed by atoms with van der Waals surface area (Å²) in [6.07, 6.45) is 0.412. The summed E-state index contributed by atoms with van der Waals surface area (Å²) in [6, 6.07) is 0. The largest absolute Gasteiger partial charge is 0.341 e. The Hall–Kier alpha value is -1.39. The number of nitrogens with one attached hydrogen (secondary N) is 1. The molecule has 0 unspecified atom stereocenters. The topological polar surface area (TPSA) is 72.5 Å². The predicted octanol–water partition coefficient (Wildman–Crippen LogP) is 0.340. The van der Waals surface area contributed by atoms with E-state index >= 15 is 0 Å². The summed E-state index contributed by atoms with van der Waals surface area (Å²) >= 11 is 0. The molecular formula is C8H13NO4. The maximum atomic E-state index is 10.8. The zero-order valence-corrected chi connectivity index (χ0v) is 7.75. The third-order valence-corrected chi connectivity index (χ3v) is 1.27. The molecule has 0 aliphatic heterocycles. The first-order valence-corrected chi connectivity index (χ1v) is 4.04. The molecule has 0 saturated carbocycles. The highest BCUT2D eigenvalue weighted by atomic mass is 16.7. The molecule has 0 aromatic rings. The summed E-state index contributed by atoms with van der Waals surface area (Å²) in [5.74, 6) is -1.04. The number of amides is 1. The van der Waals surface area contributed by atoms with E-state index in [1.165, 1.54) is 6.92 Å². The Morgan fingerprint density at radius 2 is 1.85 bits per heavy atom. The van der Waals surface area contributed by atoms with Crippen LogP contribution in [0.15, 0.2) is 0 Å². The lowest BCUT2D eigenvalue weighted by Crippen LogP contribution is -2.26. The number of ketones is 1. The Bertz CT molecular complexity index is 212. The average molecular weight is 187 g/mol. The fourth-order valence-electron chi connectivity index (χ4n) is 0.527. The lowest BCUT2D eigenvalue weighted by Gasteiger charge is -2.02. The van der Waals surface area contributed by atoms with Crippen molar-refractivity contribution in [2.75, 3.05) is 0 Å². The average Bonchev–Trinajstić information content (AvgIpc) is 2.10. The Morgan fingerprint density at radius 1 is 1.23 bits per heavy atom. The van der Waals surface area contributed by atoms with E-state index in [9.17, 15) is 14.4 Å². The number of carbonyl (C=O) groups excluding carboxylic acids is 3. The molecule has 0 aliphatic carbocycles.